The fourth-order valence-electron chi connectivity index (χ4n) is 4.07. The summed E-state index contributed by atoms with van der Waals surface area (Å²) in [7, 11) is -4.09. The van der Waals surface area contributed by atoms with E-state index in [1.54, 1.807) is 6.92 Å². The van der Waals surface area contributed by atoms with Crippen LogP contribution in [0.15, 0.2) is 83.9 Å². The lowest BCUT2D eigenvalue weighted by atomic mass is 10.1. The predicted octanol–water partition coefficient (Wildman–Crippen LogP) is 4.37. The van der Waals surface area contributed by atoms with Gasteiger partial charge in [0.05, 0.1) is 4.90 Å². The maximum Gasteiger partial charge on any atom is 0.322 e. The van der Waals surface area contributed by atoms with Crippen molar-refractivity contribution in [1.82, 2.24) is 9.29 Å². The number of sulfonamides is 1. The van der Waals surface area contributed by atoms with E-state index in [0.717, 1.165) is 22.0 Å². The Morgan fingerprint density at radius 3 is 2.43 bits per heavy atom. The van der Waals surface area contributed by atoms with E-state index < -0.39 is 22.0 Å². The van der Waals surface area contributed by atoms with Gasteiger partial charge in [-0.1, -0.05) is 53.9 Å². The first kappa shape index (κ1) is 26.0. The second-order valence-corrected chi connectivity index (χ2v) is 10.4. The van der Waals surface area contributed by atoms with Gasteiger partial charge in [-0.2, -0.15) is 4.72 Å². The number of nitrogens with zero attached hydrogens (tertiary/aromatic N) is 1. The van der Waals surface area contributed by atoms with Crippen molar-refractivity contribution < 1.29 is 23.1 Å². The first-order chi connectivity index (χ1) is 17.8. The lowest BCUT2D eigenvalue weighted by Gasteiger charge is -2.15. The normalized spacial score (nSPS) is 12.1. The molecule has 0 amide bonds. The van der Waals surface area contributed by atoms with E-state index >= 15 is 0 Å². The van der Waals surface area contributed by atoms with Crippen LogP contribution in [0, 0.1) is 18.8 Å². The molecule has 0 aliphatic rings. The molecule has 1 atom stereocenters. The number of carboxylic acids is 1. The van der Waals surface area contributed by atoms with E-state index in [1.807, 2.05) is 37.4 Å². The fraction of sp³-hybridized carbons (Fsp3) is 0.207. The molecule has 0 unspecified atom stereocenters. The van der Waals surface area contributed by atoms with Crippen molar-refractivity contribution in [2.24, 2.45) is 0 Å². The number of hydrogen-bond donors (Lipinski definition) is 2. The number of carbonyl (C=O) groups is 1. The van der Waals surface area contributed by atoms with Gasteiger partial charge < -0.3 is 14.4 Å². The third-order valence-corrected chi connectivity index (χ3v) is 7.47. The quantitative estimate of drug-likeness (QED) is 0.305. The molecule has 4 aromatic rings. The van der Waals surface area contributed by atoms with Gasteiger partial charge in [0.15, 0.2) is 0 Å². The molecule has 0 aliphatic carbocycles. The van der Waals surface area contributed by atoms with Gasteiger partial charge in [0.1, 0.15) is 18.4 Å². The molecule has 0 fully saturated rings. The number of ether oxygens (including phenoxy) is 1. The van der Waals surface area contributed by atoms with E-state index in [9.17, 15) is 18.3 Å². The Bertz CT molecular complexity index is 1560. The predicted molar refractivity (Wildman–Crippen MR) is 143 cm³/mol. The number of aliphatic carboxylic acids is 1. The molecule has 0 aliphatic heterocycles. The number of hydrogen-bond acceptors (Lipinski definition) is 4. The highest BCUT2D eigenvalue weighted by atomic mass is 32.2. The standard InChI is InChI=1S/C29H28N2O5S/c1-3-4-17-36-24-13-15-25(16-14-24)37(34,35)30-27(29(32)33)18-23-20-31(28-8-6-5-7-26(23)28)19-22-11-9-21(2)10-12-22/h5-16,20,27,30H,17-19H2,1-2H3,(H,32,33)/t27-/m0/s1. The van der Waals surface area contributed by atoms with Crippen molar-refractivity contribution in [3.63, 3.8) is 0 Å². The average Bonchev–Trinajstić information content (AvgIpc) is 3.22. The number of fused-ring (bicyclic) bond motifs is 1. The topological polar surface area (TPSA) is 97.6 Å². The molecule has 8 heteroatoms. The Hall–Kier alpha value is -4.06. The molecule has 190 valence electrons. The zero-order chi connectivity index (χ0) is 26.4. The van der Waals surface area contributed by atoms with Gasteiger partial charge in [-0.05, 0) is 55.3 Å². The molecule has 1 aromatic heterocycles. The average molecular weight is 517 g/mol. The van der Waals surface area contributed by atoms with Crippen LogP contribution in [0.4, 0.5) is 0 Å². The summed E-state index contributed by atoms with van der Waals surface area (Å²) in [5.74, 6) is 4.70. The first-order valence-corrected chi connectivity index (χ1v) is 13.2. The van der Waals surface area contributed by atoms with Crippen molar-refractivity contribution >= 4 is 26.9 Å². The smallest absolute Gasteiger partial charge is 0.322 e. The van der Waals surface area contributed by atoms with Gasteiger partial charge in [0.25, 0.3) is 0 Å². The van der Waals surface area contributed by atoms with Gasteiger partial charge in [0.2, 0.25) is 10.0 Å². The summed E-state index contributed by atoms with van der Waals surface area (Å²) >= 11 is 0. The zero-order valence-electron chi connectivity index (χ0n) is 20.6. The third-order valence-electron chi connectivity index (χ3n) is 5.99. The molecule has 0 saturated carbocycles. The fourth-order valence-corrected chi connectivity index (χ4v) is 5.26. The number of carboxylic acid groups (broad SMARTS) is 1. The molecule has 37 heavy (non-hydrogen) atoms. The maximum absolute atomic E-state index is 13.0. The number of nitrogens with one attached hydrogen (secondary N) is 1. The van der Waals surface area contributed by atoms with E-state index in [2.05, 4.69) is 45.4 Å². The molecule has 7 nitrogen and oxygen atoms in total. The van der Waals surface area contributed by atoms with Gasteiger partial charge >= 0.3 is 5.97 Å². The minimum Gasteiger partial charge on any atom is -0.481 e. The highest BCUT2D eigenvalue weighted by Crippen LogP contribution is 2.25. The van der Waals surface area contributed by atoms with Crippen molar-refractivity contribution in [2.45, 2.75) is 37.8 Å². The summed E-state index contributed by atoms with van der Waals surface area (Å²) in [4.78, 5) is 12.1. The van der Waals surface area contributed by atoms with Crippen molar-refractivity contribution in [3.8, 4) is 17.6 Å². The monoisotopic (exact) mass is 516 g/mol. The van der Waals surface area contributed by atoms with Crippen LogP contribution in [0.1, 0.15) is 23.6 Å². The van der Waals surface area contributed by atoms with E-state index in [-0.39, 0.29) is 17.9 Å². The highest BCUT2D eigenvalue weighted by molar-refractivity contribution is 7.89. The summed E-state index contributed by atoms with van der Waals surface area (Å²) in [5, 5.41) is 10.8. The Kier molecular flexibility index (Phi) is 7.97. The molecule has 0 radical (unpaired) electrons. The Balaban J connectivity index is 1.56. The van der Waals surface area contributed by atoms with E-state index in [0.29, 0.717) is 12.3 Å². The third kappa shape index (κ3) is 6.39. The van der Waals surface area contributed by atoms with Crippen LogP contribution < -0.4 is 9.46 Å². The number of aryl methyl sites for hydroxylation is 1. The van der Waals surface area contributed by atoms with Crippen molar-refractivity contribution in [2.75, 3.05) is 6.61 Å². The number of para-hydroxylation sites is 1. The van der Waals surface area contributed by atoms with Crippen LogP contribution in [0.5, 0.6) is 5.75 Å². The summed E-state index contributed by atoms with van der Waals surface area (Å²) in [6.45, 7) is 4.54. The molecule has 2 N–H and O–H groups in total. The Labute approximate surface area is 216 Å². The highest BCUT2D eigenvalue weighted by Gasteiger charge is 2.27. The maximum atomic E-state index is 13.0. The Morgan fingerprint density at radius 2 is 1.76 bits per heavy atom. The van der Waals surface area contributed by atoms with Crippen LogP contribution >= 0.6 is 0 Å². The molecule has 1 heterocycles. The van der Waals surface area contributed by atoms with Gasteiger partial charge in [-0.3, -0.25) is 4.79 Å². The number of aromatic nitrogens is 1. The molecule has 4 rings (SSSR count). The molecule has 3 aromatic carbocycles. The minimum atomic E-state index is -4.09. The summed E-state index contributed by atoms with van der Waals surface area (Å²) in [6, 6.07) is 20.4. The van der Waals surface area contributed by atoms with Gasteiger partial charge in [-0.15, -0.1) is 5.92 Å². The molecular formula is C29H28N2O5S. The number of rotatable bonds is 10. The first-order valence-electron chi connectivity index (χ1n) is 11.8. The zero-order valence-corrected chi connectivity index (χ0v) is 21.5. The van der Waals surface area contributed by atoms with Crippen LogP contribution in [0.25, 0.3) is 10.9 Å². The molecule has 0 bridgehead atoms. The minimum absolute atomic E-state index is 0.00709. The van der Waals surface area contributed by atoms with Gasteiger partial charge in [-0.25, -0.2) is 8.42 Å². The van der Waals surface area contributed by atoms with Crippen molar-refractivity contribution in [3.05, 3.63) is 95.7 Å². The molecule has 0 saturated heterocycles. The van der Waals surface area contributed by atoms with Crippen LogP contribution in [-0.4, -0.2) is 36.7 Å². The van der Waals surface area contributed by atoms with Crippen LogP contribution in [0.3, 0.4) is 0 Å². The summed E-state index contributed by atoms with van der Waals surface area (Å²) in [5.41, 5.74) is 3.99. The van der Waals surface area contributed by atoms with Crippen molar-refractivity contribution in [1.29, 1.82) is 0 Å². The summed E-state index contributed by atoms with van der Waals surface area (Å²) < 4.78 is 35.8. The number of benzene rings is 3. The lowest BCUT2D eigenvalue weighted by Crippen LogP contribution is -2.42. The Morgan fingerprint density at radius 1 is 1.05 bits per heavy atom. The van der Waals surface area contributed by atoms with Crippen LogP contribution in [0.2, 0.25) is 0 Å². The largest absolute Gasteiger partial charge is 0.481 e. The van der Waals surface area contributed by atoms with E-state index in [1.165, 1.54) is 29.8 Å². The van der Waals surface area contributed by atoms with Gasteiger partial charge in [0, 0.05) is 30.1 Å². The summed E-state index contributed by atoms with van der Waals surface area (Å²) in [6.07, 6.45) is 1.90. The molecule has 0 spiro atoms. The van der Waals surface area contributed by atoms with Crippen LogP contribution in [-0.2, 0) is 27.8 Å². The molecular weight excluding hydrogens is 488 g/mol. The second kappa shape index (κ2) is 11.3. The lowest BCUT2D eigenvalue weighted by molar-refractivity contribution is -0.138. The second-order valence-electron chi connectivity index (χ2n) is 8.69. The SMILES string of the molecule is CC#CCOc1ccc(S(=O)(=O)N[C@@H](Cc2cn(Cc3ccc(C)cc3)c3ccccc23)C(=O)O)cc1. The van der Waals surface area contributed by atoms with E-state index in [4.69, 9.17) is 4.74 Å².